The Morgan fingerprint density at radius 1 is 1.44 bits per heavy atom. The minimum Gasteiger partial charge on any atom is -0.341 e. The predicted octanol–water partition coefficient (Wildman–Crippen LogP) is 1.64. The zero-order valence-corrected chi connectivity index (χ0v) is 9.49. The molecule has 0 bridgehead atoms. The second-order valence-corrected chi connectivity index (χ2v) is 3.55. The number of nitro groups is 1. The molecule has 16 heavy (non-hydrogen) atoms. The summed E-state index contributed by atoms with van der Waals surface area (Å²) in [6, 6.07) is 4.76. The van der Waals surface area contributed by atoms with Gasteiger partial charge in [0, 0.05) is 19.7 Å². The number of nitrogens with zero attached hydrogens (tertiary/aromatic N) is 2. The Morgan fingerprint density at radius 2 is 2.12 bits per heavy atom. The number of carbonyl (C=O) groups excluding carboxylic acids is 1. The molecule has 0 N–H and O–H groups in total. The van der Waals surface area contributed by atoms with Crippen LogP contribution in [-0.2, 0) is 6.42 Å². The van der Waals surface area contributed by atoms with E-state index >= 15 is 0 Å². The first-order chi connectivity index (χ1) is 7.11. The van der Waals surface area contributed by atoms with Gasteiger partial charge < -0.3 is 4.90 Å². The largest absolute Gasteiger partial charge is 0.341 e. The van der Waals surface area contributed by atoms with Crippen molar-refractivity contribution in [1.82, 2.24) is 4.90 Å². The van der Waals surface area contributed by atoms with Crippen molar-refractivity contribution in [3.63, 3.8) is 0 Å². The summed E-state index contributed by atoms with van der Waals surface area (Å²) in [7, 11) is 1.65. The topological polar surface area (TPSA) is 63.4 Å². The van der Waals surface area contributed by atoms with E-state index in [4.69, 9.17) is 0 Å². The van der Waals surface area contributed by atoms with E-state index in [-0.39, 0.29) is 29.6 Å². The molecule has 1 aliphatic rings. The first kappa shape index (κ1) is 12.4. The third-order valence-electron chi connectivity index (χ3n) is 2.60. The molecule has 0 spiro atoms. The number of likely N-dealkylation sites (N-methyl/N-ethyl adjacent to an activating group) is 1. The maximum Gasteiger partial charge on any atom is 0.282 e. The molecule has 1 aliphatic heterocycles. The van der Waals surface area contributed by atoms with E-state index in [1.807, 2.05) is 0 Å². The number of carbonyl (C=O) groups is 1. The highest BCUT2D eigenvalue weighted by molar-refractivity contribution is 6.00. The molecule has 0 saturated carbocycles. The molecular formula is C10H11ClN2O3. The summed E-state index contributed by atoms with van der Waals surface area (Å²) in [6.45, 7) is 0.618. The fraction of sp³-hybridized carbons (Fsp3) is 0.300. The summed E-state index contributed by atoms with van der Waals surface area (Å²) < 4.78 is 0. The second-order valence-electron chi connectivity index (χ2n) is 3.55. The van der Waals surface area contributed by atoms with Crippen molar-refractivity contribution < 1.29 is 9.72 Å². The Bertz CT molecular complexity index is 448. The lowest BCUT2D eigenvalue weighted by molar-refractivity contribution is -0.385. The van der Waals surface area contributed by atoms with Gasteiger partial charge in [0.05, 0.1) is 4.92 Å². The number of amides is 1. The van der Waals surface area contributed by atoms with Crippen molar-refractivity contribution >= 4 is 24.0 Å². The lowest BCUT2D eigenvalue weighted by Gasteiger charge is -2.24. The summed E-state index contributed by atoms with van der Waals surface area (Å²) >= 11 is 0. The van der Waals surface area contributed by atoms with Crippen LogP contribution >= 0.6 is 12.4 Å². The van der Waals surface area contributed by atoms with Crippen LogP contribution in [0.5, 0.6) is 0 Å². The lowest BCUT2D eigenvalue weighted by atomic mass is 9.98. The average Bonchev–Trinajstić information content (AvgIpc) is 2.23. The van der Waals surface area contributed by atoms with Gasteiger partial charge in [0.15, 0.2) is 0 Å². The van der Waals surface area contributed by atoms with E-state index in [0.29, 0.717) is 13.0 Å². The molecule has 0 unspecified atom stereocenters. The van der Waals surface area contributed by atoms with Crippen molar-refractivity contribution in [3.8, 4) is 0 Å². The van der Waals surface area contributed by atoms with E-state index in [9.17, 15) is 14.9 Å². The van der Waals surface area contributed by atoms with E-state index in [2.05, 4.69) is 0 Å². The highest BCUT2D eigenvalue weighted by Gasteiger charge is 2.29. The number of halogens is 1. The van der Waals surface area contributed by atoms with Crippen molar-refractivity contribution in [1.29, 1.82) is 0 Å². The maximum atomic E-state index is 11.8. The molecule has 0 aromatic heterocycles. The molecule has 86 valence electrons. The maximum absolute atomic E-state index is 11.8. The van der Waals surface area contributed by atoms with Crippen molar-refractivity contribution in [2.45, 2.75) is 6.42 Å². The molecule has 0 atom stereocenters. The number of rotatable bonds is 1. The zero-order valence-electron chi connectivity index (χ0n) is 8.67. The van der Waals surface area contributed by atoms with Gasteiger partial charge in [0.1, 0.15) is 5.56 Å². The monoisotopic (exact) mass is 242 g/mol. The Kier molecular flexibility index (Phi) is 3.49. The minimum atomic E-state index is -0.504. The van der Waals surface area contributed by atoms with Gasteiger partial charge in [0.2, 0.25) is 0 Å². The van der Waals surface area contributed by atoms with Crippen molar-refractivity contribution in [2.75, 3.05) is 13.6 Å². The minimum absolute atomic E-state index is 0. The predicted molar refractivity (Wildman–Crippen MR) is 61.0 cm³/mol. The van der Waals surface area contributed by atoms with E-state index < -0.39 is 4.92 Å². The van der Waals surface area contributed by atoms with Gasteiger partial charge in [0.25, 0.3) is 11.6 Å². The van der Waals surface area contributed by atoms with Gasteiger partial charge in [-0.3, -0.25) is 14.9 Å². The Morgan fingerprint density at radius 3 is 2.75 bits per heavy atom. The smallest absolute Gasteiger partial charge is 0.282 e. The molecule has 6 heteroatoms. The van der Waals surface area contributed by atoms with E-state index in [1.54, 1.807) is 19.2 Å². The van der Waals surface area contributed by atoms with Gasteiger partial charge in [-0.25, -0.2) is 0 Å². The van der Waals surface area contributed by atoms with Crippen LogP contribution in [0.1, 0.15) is 15.9 Å². The molecule has 5 nitrogen and oxygen atoms in total. The normalized spacial score (nSPS) is 14.1. The first-order valence-corrected chi connectivity index (χ1v) is 4.63. The molecule has 1 heterocycles. The molecule has 0 fully saturated rings. The molecule has 2 rings (SSSR count). The van der Waals surface area contributed by atoms with Crippen LogP contribution in [0.15, 0.2) is 18.2 Å². The highest BCUT2D eigenvalue weighted by atomic mass is 35.5. The summed E-state index contributed by atoms with van der Waals surface area (Å²) in [5.74, 6) is -0.261. The van der Waals surface area contributed by atoms with Crippen LogP contribution in [0.25, 0.3) is 0 Å². The van der Waals surface area contributed by atoms with Crippen molar-refractivity contribution in [3.05, 3.63) is 39.4 Å². The summed E-state index contributed by atoms with van der Waals surface area (Å²) in [5.41, 5.74) is 0.924. The highest BCUT2D eigenvalue weighted by Crippen LogP contribution is 2.26. The van der Waals surface area contributed by atoms with Crippen LogP contribution in [-0.4, -0.2) is 29.3 Å². The van der Waals surface area contributed by atoms with Gasteiger partial charge in [-0.05, 0) is 12.0 Å². The second kappa shape index (κ2) is 4.49. The standard InChI is InChI=1S/C10H10N2O3.ClH/c1-11-6-5-7-3-2-4-8(12(14)15)9(7)10(11)13;/h2-4H,5-6H2,1H3;1H. The quantitative estimate of drug-likeness (QED) is 0.556. The van der Waals surface area contributed by atoms with Gasteiger partial charge in [-0.2, -0.15) is 0 Å². The number of nitro benzene ring substituents is 1. The number of fused-ring (bicyclic) bond motifs is 1. The third kappa shape index (κ3) is 1.86. The van der Waals surface area contributed by atoms with Gasteiger partial charge in [-0.15, -0.1) is 12.4 Å². The Balaban J connectivity index is 0.00000128. The third-order valence-corrected chi connectivity index (χ3v) is 2.60. The van der Waals surface area contributed by atoms with Crippen molar-refractivity contribution in [2.24, 2.45) is 0 Å². The molecule has 0 radical (unpaired) electrons. The van der Waals surface area contributed by atoms with Gasteiger partial charge in [-0.1, -0.05) is 12.1 Å². The number of hydrogen-bond acceptors (Lipinski definition) is 3. The lowest BCUT2D eigenvalue weighted by Crippen LogP contribution is -2.34. The molecule has 1 amide bonds. The summed E-state index contributed by atoms with van der Waals surface area (Å²) in [5, 5.41) is 10.8. The molecule has 1 aromatic rings. The average molecular weight is 243 g/mol. The molecule has 1 aromatic carbocycles. The molecule has 0 saturated heterocycles. The van der Waals surface area contributed by atoms with Crippen LogP contribution in [0.3, 0.4) is 0 Å². The van der Waals surface area contributed by atoms with E-state index in [0.717, 1.165) is 5.56 Å². The summed E-state index contributed by atoms with van der Waals surface area (Å²) in [6.07, 6.45) is 0.680. The molecular weight excluding hydrogens is 232 g/mol. The Hall–Kier alpha value is -1.62. The fourth-order valence-electron chi connectivity index (χ4n) is 1.77. The van der Waals surface area contributed by atoms with Crippen LogP contribution < -0.4 is 0 Å². The van der Waals surface area contributed by atoms with Crippen LogP contribution in [0.4, 0.5) is 5.69 Å². The zero-order chi connectivity index (χ0) is 11.0. The first-order valence-electron chi connectivity index (χ1n) is 4.63. The SMILES string of the molecule is CN1CCc2cccc([N+](=O)[O-])c2C1=O.Cl. The number of hydrogen-bond donors (Lipinski definition) is 0. The summed E-state index contributed by atoms with van der Waals surface area (Å²) in [4.78, 5) is 23.5. The van der Waals surface area contributed by atoms with Crippen LogP contribution in [0, 0.1) is 10.1 Å². The van der Waals surface area contributed by atoms with Crippen LogP contribution in [0.2, 0.25) is 0 Å². The fourth-order valence-corrected chi connectivity index (χ4v) is 1.77. The number of benzene rings is 1. The Labute approximate surface area is 98.6 Å². The van der Waals surface area contributed by atoms with E-state index in [1.165, 1.54) is 11.0 Å². The van der Waals surface area contributed by atoms with Gasteiger partial charge >= 0.3 is 0 Å². The molecule has 0 aliphatic carbocycles.